The first-order valence-corrected chi connectivity index (χ1v) is 8.96. The first kappa shape index (κ1) is 16.7. The van der Waals surface area contributed by atoms with E-state index in [1.165, 1.54) is 11.1 Å². The van der Waals surface area contributed by atoms with Gasteiger partial charge in [-0.05, 0) is 12.8 Å². The summed E-state index contributed by atoms with van der Waals surface area (Å²) in [6, 6.07) is 21.8. The zero-order valence-electron chi connectivity index (χ0n) is 14.5. The van der Waals surface area contributed by atoms with Crippen LogP contribution in [-0.4, -0.2) is 10.9 Å². The van der Waals surface area contributed by atoms with Gasteiger partial charge in [-0.15, -0.1) is 0 Å². The van der Waals surface area contributed by atoms with Gasteiger partial charge in [-0.2, -0.15) is 0 Å². The Labute approximate surface area is 144 Å². The molecule has 1 heterocycles. The maximum atomic E-state index is 9.80. The van der Waals surface area contributed by atoms with Crippen LogP contribution in [0.1, 0.15) is 49.9 Å². The van der Waals surface area contributed by atoms with Crippen LogP contribution in [0.2, 0.25) is 0 Å². The van der Waals surface area contributed by atoms with E-state index >= 15 is 0 Å². The van der Waals surface area contributed by atoms with Gasteiger partial charge in [0.05, 0.1) is 17.5 Å². The number of oxime groups is 1. The Morgan fingerprint density at radius 2 is 1.21 bits per heavy atom. The van der Waals surface area contributed by atoms with Crippen LogP contribution in [0.3, 0.4) is 0 Å². The Morgan fingerprint density at radius 1 is 0.792 bits per heavy atom. The first-order chi connectivity index (χ1) is 11.8. The van der Waals surface area contributed by atoms with Gasteiger partial charge in [0.2, 0.25) is 0 Å². The van der Waals surface area contributed by atoms with Crippen LogP contribution in [-0.2, 0) is 0 Å². The SMILES string of the molecule is CC[C@@H]1C(=NO)[C@H](CC)[C@@H](c2ccccc2)[NH2+][C@@H]1c1ccccc1. The van der Waals surface area contributed by atoms with Crippen molar-refractivity contribution in [1.29, 1.82) is 0 Å². The van der Waals surface area contributed by atoms with Crippen LogP contribution >= 0.6 is 0 Å². The molecule has 3 rings (SSSR count). The van der Waals surface area contributed by atoms with Crippen molar-refractivity contribution in [3.8, 4) is 0 Å². The molecule has 126 valence electrons. The third-order valence-electron chi connectivity index (χ3n) is 5.41. The van der Waals surface area contributed by atoms with Gasteiger partial charge in [-0.3, -0.25) is 0 Å². The second-order valence-electron chi connectivity index (χ2n) is 6.62. The highest BCUT2D eigenvalue weighted by molar-refractivity contribution is 5.90. The highest BCUT2D eigenvalue weighted by Crippen LogP contribution is 2.36. The van der Waals surface area contributed by atoms with Crippen LogP contribution in [0.4, 0.5) is 0 Å². The fraction of sp³-hybridized carbons (Fsp3) is 0.381. The van der Waals surface area contributed by atoms with Gasteiger partial charge in [-0.25, -0.2) is 0 Å². The molecule has 1 aliphatic heterocycles. The van der Waals surface area contributed by atoms with Crippen molar-refractivity contribution in [3.63, 3.8) is 0 Å². The minimum atomic E-state index is 0.266. The molecule has 3 nitrogen and oxygen atoms in total. The summed E-state index contributed by atoms with van der Waals surface area (Å²) >= 11 is 0. The number of benzene rings is 2. The summed E-state index contributed by atoms with van der Waals surface area (Å²) in [7, 11) is 0. The van der Waals surface area contributed by atoms with Gasteiger partial charge in [0.15, 0.2) is 0 Å². The summed E-state index contributed by atoms with van der Waals surface area (Å²) in [6.07, 6.45) is 1.96. The average molecular weight is 323 g/mol. The molecule has 3 heteroatoms. The van der Waals surface area contributed by atoms with E-state index in [4.69, 9.17) is 0 Å². The molecule has 0 bridgehead atoms. The summed E-state index contributed by atoms with van der Waals surface area (Å²) in [5.74, 6) is 0.532. The van der Waals surface area contributed by atoms with Crippen molar-refractivity contribution in [2.75, 3.05) is 0 Å². The highest BCUT2D eigenvalue weighted by Gasteiger charge is 2.45. The lowest BCUT2D eigenvalue weighted by Crippen LogP contribution is -2.91. The van der Waals surface area contributed by atoms with E-state index < -0.39 is 0 Å². The number of nitrogens with zero attached hydrogens (tertiary/aromatic N) is 1. The Bertz CT molecular complexity index is 613. The molecule has 1 aliphatic rings. The average Bonchev–Trinajstić information content (AvgIpc) is 2.67. The lowest BCUT2D eigenvalue weighted by atomic mass is 9.72. The van der Waals surface area contributed by atoms with E-state index in [1.54, 1.807) is 0 Å². The summed E-state index contributed by atoms with van der Waals surface area (Å²) < 4.78 is 0. The molecular formula is C21H27N2O+. The molecule has 0 spiro atoms. The van der Waals surface area contributed by atoms with Crippen molar-refractivity contribution < 1.29 is 10.5 Å². The van der Waals surface area contributed by atoms with Crippen molar-refractivity contribution in [1.82, 2.24) is 0 Å². The number of piperidine rings is 1. The quantitative estimate of drug-likeness (QED) is 0.650. The summed E-state index contributed by atoms with van der Waals surface area (Å²) in [5, 5.41) is 16.1. The molecule has 2 aromatic rings. The fourth-order valence-corrected chi connectivity index (χ4v) is 4.25. The normalized spacial score (nSPS) is 28.8. The van der Waals surface area contributed by atoms with E-state index in [1.807, 2.05) is 0 Å². The smallest absolute Gasteiger partial charge is 0.120 e. The van der Waals surface area contributed by atoms with Gasteiger partial charge in [0, 0.05) is 11.1 Å². The van der Waals surface area contributed by atoms with E-state index in [0.717, 1.165) is 18.6 Å². The number of hydrogen-bond donors (Lipinski definition) is 2. The van der Waals surface area contributed by atoms with Crippen LogP contribution in [0.15, 0.2) is 65.8 Å². The summed E-state index contributed by atoms with van der Waals surface area (Å²) in [6.45, 7) is 4.38. The van der Waals surface area contributed by atoms with Crippen LogP contribution in [0.25, 0.3) is 0 Å². The molecular weight excluding hydrogens is 296 g/mol. The Kier molecular flexibility index (Phi) is 5.31. The third-order valence-corrected chi connectivity index (χ3v) is 5.41. The van der Waals surface area contributed by atoms with Crippen molar-refractivity contribution in [3.05, 3.63) is 71.8 Å². The van der Waals surface area contributed by atoms with Gasteiger partial charge in [-0.1, -0.05) is 79.7 Å². The van der Waals surface area contributed by atoms with Crippen molar-refractivity contribution >= 4 is 5.71 Å². The zero-order valence-corrected chi connectivity index (χ0v) is 14.5. The Morgan fingerprint density at radius 3 is 1.54 bits per heavy atom. The molecule has 0 radical (unpaired) electrons. The Balaban J connectivity index is 2.04. The molecule has 1 saturated heterocycles. The third kappa shape index (κ3) is 3.09. The minimum absolute atomic E-state index is 0.266. The van der Waals surface area contributed by atoms with E-state index in [9.17, 15) is 5.21 Å². The predicted molar refractivity (Wildman–Crippen MR) is 97.1 cm³/mol. The van der Waals surface area contributed by atoms with E-state index in [2.05, 4.69) is 85.0 Å². The Hall–Kier alpha value is -2.13. The summed E-state index contributed by atoms with van der Waals surface area (Å²) in [4.78, 5) is 0. The number of quaternary nitrogens is 1. The number of nitrogens with two attached hydrogens (primary N) is 1. The molecule has 0 unspecified atom stereocenters. The predicted octanol–water partition coefficient (Wildman–Crippen LogP) is 3.93. The molecule has 24 heavy (non-hydrogen) atoms. The monoisotopic (exact) mass is 323 g/mol. The van der Waals surface area contributed by atoms with Gasteiger partial charge in [0.25, 0.3) is 0 Å². The minimum Gasteiger partial charge on any atom is -0.411 e. The van der Waals surface area contributed by atoms with Gasteiger partial charge in [0.1, 0.15) is 12.1 Å². The largest absolute Gasteiger partial charge is 0.411 e. The topological polar surface area (TPSA) is 49.2 Å². The van der Waals surface area contributed by atoms with E-state index in [0.29, 0.717) is 0 Å². The molecule has 4 atom stereocenters. The van der Waals surface area contributed by atoms with Gasteiger partial charge < -0.3 is 10.5 Å². The second kappa shape index (κ2) is 7.63. The zero-order chi connectivity index (χ0) is 16.9. The van der Waals surface area contributed by atoms with Crippen LogP contribution < -0.4 is 5.32 Å². The lowest BCUT2D eigenvalue weighted by molar-refractivity contribution is -0.748. The molecule has 0 amide bonds. The standard InChI is InChI=1S/C21H26N2O/c1-3-17-19(15-11-7-5-8-12-15)22-20(16-13-9-6-10-14-16)18(4-2)21(17)23-24/h5-14,17-20,22,24H,3-4H2,1-2H3/p+1/t17-,18+,19-,20-/m1/s1. The van der Waals surface area contributed by atoms with Crippen LogP contribution in [0, 0.1) is 11.8 Å². The van der Waals surface area contributed by atoms with E-state index in [-0.39, 0.29) is 23.9 Å². The molecule has 0 aromatic heterocycles. The molecule has 0 aliphatic carbocycles. The fourth-order valence-electron chi connectivity index (χ4n) is 4.25. The number of hydrogen-bond acceptors (Lipinski definition) is 2. The molecule has 2 aromatic carbocycles. The van der Waals surface area contributed by atoms with Crippen molar-refractivity contribution in [2.45, 2.75) is 38.8 Å². The number of rotatable bonds is 4. The van der Waals surface area contributed by atoms with Crippen molar-refractivity contribution in [2.24, 2.45) is 17.0 Å². The molecule has 3 N–H and O–H groups in total. The summed E-state index contributed by atoms with van der Waals surface area (Å²) in [5.41, 5.74) is 3.58. The maximum absolute atomic E-state index is 9.80. The molecule has 0 saturated carbocycles. The lowest BCUT2D eigenvalue weighted by Gasteiger charge is -2.40. The first-order valence-electron chi connectivity index (χ1n) is 8.96. The highest BCUT2D eigenvalue weighted by atomic mass is 16.4. The van der Waals surface area contributed by atoms with Gasteiger partial charge >= 0.3 is 0 Å². The maximum Gasteiger partial charge on any atom is 0.120 e. The molecule has 1 fully saturated rings. The van der Waals surface area contributed by atoms with Crippen LogP contribution in [0.5, 0.6) is 0 Å². The second-order valence-corrected chi connectivity index (χ2v) is 6.62.